The van der Waals surface area contributed by atoms with E-state index in [9.17, 15) is 9.50 Å². The van der Waals surface area contributed by atoms with Crippen LogP contribution < -0.4 is 5.32 Å². The molecule has 1 saturated carbocycles. The second-order valence-corrected chi connectivity index (χ2v) is 6.06. The zero-order chi connectivity index (χ0) is 13.9. The smallest absolute Gasteiger partial charge is 0.123 e. The van der Waals surface area contributed by atoms with Gasteiger partial charge >= 0.3 is 0 Å². The third-order valence-electron chi connectivity index (χ3n) is 4.36. The lowest BCUT2D eigenvalue weighted by molar-refractivity contribution is 0.0982. The molecule has 0 saturated heterocycles. The molecule has 2 unspecified atom stereocenters. The van der Waals surface area contributed by atoms with Crippen molar-refractivity contribution in [2.24, 2.45) is 5.92 Å². The molecule has 0 amide bonds. The number of halogens is 1. The number of aliphatic hydroxyl groups excluding tert-OH is 1. The molecule has 0 aliphatic heterocycles. The van der Waals surface area contributed by atoms with Crippen LogP contribution in [0.3, 0.4) is 0 Å². The molecule has 1 aromatic carbocycles. The highest BCUT2D eigenvalue weighted by Gasteiger charge is 2.33. The summed E-state index contributed by atoms with van der Waals surface area (Å²) < 4.78 is 13.3. The zero-order valence-electron chi connectivity index (χ0n) is 11.9. The molecule has 2 atom stereocenters. The minimum Gasteiger partial charge on any atom is -0.394 e. The molecule has 0 heterocycles. The number of rotatable bonds is 4. The van der Waals surface area contributed by atoms with E-state index in [0.717, 1.165) is 30.4 Å². The fraction of sp³-hybridized carbons (Fsp3) is 0.625. The molecule has 0 radical (unpaired) electrons. The fourth-order valence-corrected chi connectivity index (χ4v) is 3.13. The van der Waals surface area contributed by atoms with Crippen molar-refractivity contribution in [3.05, 3.63) is 35.1 Å². The summed E-state index contributed by atoms with van der Waals surface area (Å²) in [5.41, 5.74) is 1.88. The molecular weight excluding hydrogens is 241 g/mol. The van der Waals surface area contributed by atoms with E-state index >= 15 is 0 Å². The van der Waals surface area contributed by atoms with Crippen molar-refractivity contribution in [1.82, 2.24) is 5.32 Å². The zero-order valence-corrected chi connectivity index (χ0v) is 11.9. The second kappa shape index (κ2) is 6.02. The molecule has 1 aromatic rings. The predicted octanol–water partition coefficient (Wildman–Crippen LogP) is 3.16. The van der Waals surface area contributed by atoms with E-state index in [1.54, 1.807) is 6.07 Å². The van der Waals surface area contributed by atoms with E-state index < -0.39 is 0 Å². The van der Waals surface area contributed by atoms with Gasteiger partial charge < -0.3 is 10.4 Å². The average molecular weight is 265 g/mol. The molecule has 2 rings (SSSR count). The van der Waals surface area contributed by atoms with Crippen LogP contribution in [0, 0.1) is 18.7 Å². The van der Waals surface area contributed by atoms with Gasteiger partial charge in [-0.2, -0.15) is 0 Å². The Morgan fingerprint density at radius 1 is 1.47 bits per heavy atom. The lowest BCUT2D eigenvalue weighted by atomic mass is 9.76. The van der Waals surface area contributed by atoms with E-state index in [2.05, 4.69) is 12.2 Å². The Bertz CT molecular complexity index is 435. The van der Waals surface area contributed by atoms with Gasteiger partial charge in [-0.15, -0.1) is 0 Å². The first-order valence-electron chi connectivity index (χ1n) is 7.15. The van der Waals surface area contributed by atoms with Crippen molar-refractivity contribution in [2.45, 2.75) is 51.6 Å². The quantitative estimate of drug-likeness (QED) is 0.876. The maximum atomic E-state index is 13.3. The Labute approximate surface area is 115 Å². The highest BCUT2D eigenvalue weighted by atomic mass is 19.1. The van der Waals surface area contributed by atoms with Crippen LogP contribution in [0.2, 0.25) is 0 Å². The number of aryl methyl sites for hydroxylation is 1. The SMILES string of the molecule is Cc1ccc(F)cc1CNC1(CO)CCCC(C)C1. The summed E-state index contributed by atoms with van der Waals surface area (Å²) in [5.74, 6) is 0.444. The minimum atomic E-state index is -0.197. The first-order chi connectivity index (χ1) is 9.04. The summed E-state index contributed by atoms with van der Waals surface area (Å²) in [7, 11) is 0. The van der Waals surface area contributed by atoms with Crippen molar-refractivity contribution < 1.29 is 9.50 Å². The highest BCUT2D eigenvalue weighted by Crippen LogP contribution is 2.32. The minimum absolute atomic E-state index is 0.158. The fourth-order valence-electron chi connectivity index (χ4n) is 3.13. The van der Waals surface area contributed by atoms with E-state index in [1.807, 2.05) is 13.0 Å². The van der Waals surface area contributed by atoms with Crippen molar-refractivity contribution in [3.63, 3.8) is 0 Å². The molecule has 106 valence electrons. The molecule has 2 N–H and O–H groups in total. The van der Waals surface area contributed by atoms with Crippen molar-refractivity contribution in [3.8, 4) is 0 Å². The Hall–Kier alpha value is -0.930. The first-order valence-corrected chi connectivity index (χ1v) is 7.15. The molecule has 19 heavy (non-hydrogen) atoms. The van der Waals surface area contributed by atoms with E-state index in [1.165, 1.54) is 12.5 Å². The highest BCUT2D eigenvalue weighted by molar-refractivity contribution is 5.26. The van der Waals surface area contributed by atoms with E-state index in [4.69, 9.17) is 0 Å². The molecule has 1 aliphatic carbocycles. The Morgan fingerprint density at radius 3 is 2.95 bits per heavy atom. The van der Waals surface area contributed by atoms with Gasteiger partial charge in [0.15, 0.2) is 0 Å². The monoisotopic (exact) mass is 265 g/mol. The van der Waals surface area contributed by atoms with Crippen molar-refractivity contribution in [1.29, 1.82) is 0 Å². The lowest BCUT2D eigenvalue weighted by Gasteiger charge is -2.39. The van der Waals surface area contributed by atoms with Gasteiger partial charge in [0.2, 0.25) is 0 Å². The number of hydrogen-bond donors (Lipinski definition) is 2. The maximum Gasteiger partial charge on any atom is 0.123 e. The van der Waals surface area contributed by atoms with Gasteiger partial charge in [0.05, 0.1) is 6.61 Å². The van der Waals surface area contributed by atoms with Gasteiger partial charge in [0.25, 0.3) is 0 Å². The van der Waals surface area contributed by atoms with Gasteiger partial charge in [0.1, 0.15) is 5.82 Å². The predicted molar refractivity (Wildman–Crippen MR) is 75.4 cm³/mol. The largest absolute Gasteiger partial charge is 0.394 e. The van der Waals surface area contributed by atoms with E-state index in [0.29, 0.717) is 12.5 Å². The summed E-state index contributed by atoms with van der Waals surface area (Å²) >= 11 is 0. The number of nitrogens with one attached hydrogen (secondary N) is 1. The van der Waals surface area contributed by atoms with Crippen molar-refractivity contribution >= 4 is 0 Å². The average Bonchev–Trinajstić information content (AvgIpc) is 2.40. The second-order valence-electron chi connectivity index (χ2n) is 6.06. The van der Waals surface area contributed by atoms with Crippen LogP contribution in [0.4, 0.5) is 4.39 Å². The normalized spacial score (nSPS) is 27.5. The molecule has 0 spiro atoms. The standard InChI is InChI=1S/C16H24FNO/c1-12-4-3-7-16(9-12,11-19)18-10-14-8-15(17)6-5-13(14)2/h5-6,8,12,18-19H,3-4,7,9-11H2,1-2H3. The summed E-state index contributed by atoms with van der Waals surface area (Å²) in [5, 5.41) is 13.2. The van der Waals surface area contributed by atoms with Gasteiger partial charge in [0, 0.05) is 12.1 Å². The summed E-state index contributed by atoms with van der Waals surface area (Å²) in [6.45, 7) is 5.01. The molecule has 0 bridgehead atoms. The number of aliphatic hydroxyl groups is 1. The van der Waals surface area contributed by atoms with Crippen LogP contribution >= 0.6 is 0 Å². The first kappa shape index (κ1) is 14.5. The summed E-state index contributed by atoms with van der Waals surface area (Å²) in [6.07, 6.45) is 4.39. The lowest BCUT2D eigenvalue weighted by Crippen LogP contribution is -2.51. The van der Waals surface area contributed by atoms with Crippen LogP contribution in [0.15, 0.2) is 18.2 Å². The molecule has 3 heteroatoms. The third-order valence-corrected chi connectivity index (χ3v) is 4.36. The van der Waals surface area contributed by atoms with Gasteiger partial charge in [-0.05, 0) is 48.9 Å². The summed E-state index contributed by atoms with van der Waals surface area (Å²) in [4.78, 5) is 0. The number of hydrogen-bond acceptors (Lipinski definition) is 2. The molecule has 1 fully saturated rings. The van der Waals surface area contributed by atoms with Gasteiger partial charge in [-0.25, -0.2) is 4.39 Å². The number of benzene rings is 1. The molecule has 0 aromatic heterocycles. The van der Waals surface area contributed by atoms with Gasteiger partial charge in [-0.3, -0.25) is 0 Å². The molecular formula is C16H24FNO. The van der Waals surface area contributed by atoms with Crippen LogP contribution in [0.25, 0.3) is 0 Å². The van der Waals surface area contributed by atoms with Crippen LogP contribution in [-0.4, -0.2) is 17.3 Å². The van der Waals surface area contributed by atoms with Crippen LogP contribution in [0.5, 0.6) is 0 Å². The Morgan fingerprint density at radius 2 is 2.26 bits per heavy atom. The van der Waals surface area contributed by atoms with Crippen molar-refractivity contribution in [2.75, 3.05) is 6.61 Å². The summed E-state index contributed by atoms with van der Waals surface area (Å²) in [6, 6.07) is 4.88. The van der Waals surface area contributed by atoms with E-state index in [-0.39, 0.29) is 18.0 Å². The Balaban J connectivity index is 2.05. The maximum absolute atomic E-state index is 13.3. The Kier molecular flexibility index (Phi) is 4.58. The third kappa shape index (κ3) is 3.54. The molecule has 1 aliphatic rings. The van der Waals surface area contributed by atoms with Gasteiger partial charge in [-0.1, -0.05) is 25.8 Å². The topological polar surface area (TPSA) is 32.3 Å². The van der Waals surface area contributed by atoms with Crippen LogP contribution in [0.1, 0.15) is 43.7 Å². The van der Waals surface area contributed by atoms with Crippen LogP contribution in [-0.2, 0) is 6.54 Å². The molecule has 2 nitrogen and oxygen atoms in total.